The zero-order valence-electron chi connectivity index (χ0n) is 11.3. The highest BCUT2D eigenvalue weighted by Gasteiger charge is 2.24. The van der Waals surface area contributed by atoms with Gasteiger partial charge >= 0.3 is 5.97 Å². The van der Waals surface area contributed by atoms with Crippen molar-refractivity contribution >= 4 is 11.7 Å². The number of nitrogens with two attached hydrogens (primary N) is 1. The van der Waals surface area contributed by atoms with Crippen molar-refractivity contribution in [2.24, 2.45) is 0 Å². The van der Waals surface area contributed by atoms with E-state index in [1.54, 1.807) is 12.1 Å². The number of morpholine rings is 1. The maximum Gasteiger partial charge on any atom is 0.338 e. The number of carboxylic acids is 1. The van der Waals surface area contributed by atoms with E-state index in [1.807, 2.05) is 19.9 Å². The Bertz CT molecular complexity index is 466. The Kier molecular flexibility index (Phi) is 4.07. The van der Waals surface area contributed by atoms with Crippen molar-refractivity contribution in [3.8, 4) is 0 Å². The van der Waals surface area contributed by atoms with Gasteiger partial charge in [-0.15, -0.1) is 0 Å². The van der Waals surface area contributed by atoms with E-state index >= 15 is 0 Å². The maximum atomic E-state index is 11.3. The third kappa shape index (κ3) is 3.24. The molecule has 1 fully saturated rings. The summed E-state index contributed by atoms with van der Waals surface area (Å²) < 4.78 is 5.67. The Morgan fingerprint density at radius 1 is 1.42 bits per heavy atom. The zero-order chi connectivity index (χ0) is 14.0. The summed E-state index contributed by atoms with van der Waals surface area (Å²) in [5, 5.41) is 9.26. The van der Waals surface area contributed by atoms with Crippen LogP contribution in [0.3, 0.4) is 0 Å². The molecule has 1 aromatic rings. The van der Waals surface area contributed by atoms with Crippen LogP contribution in [0.2, 0.25) is 0 Å². The summed E-state index contributed by atoms with van der Waals surface area (Å²) in [6.07, 6.45) is 0.330. The smallest absolute Gasteiger partial charge is 0.338 e. The molecule has 1 saturated heterocycles. The van der Waals surface area contributed by atoms with E-state index < -0.39 is 5.97 Å². The normalized spacial score (nSPS) is 24.3. The number of anilines is 1. The van der Waals surface area contributed by atoms with Gasteiger partial charge in [0.25, 0.3) is 0 Å². The highest BCUT2D eigenvalue weighted by Crippen LogP contribution is 2.21. The van der Waals surface area contributed by atoms with Gasteiger partial charge in [-0.3, -0.25) is 4.90 Å². The monoisotopic (exact) mass is 264 g/mol. The number of benzene rings is 1. The van der Waals surface area contributed by atoms with E-state index in [9.17, 15) is 9.90 Å². The number of hydrogen-bond acceptors (Lipinski definition) is 4. The fourth-order valence-corrected chi connectivity index (χ4v) is 2.67. The average molecular weight is 264 g/mol. The molecule has 0 aliphatic carbocycles. The lowest BCUT2D eigenvalue weighted by Crippen LogP contribution is -2.45. The predicted molar refractivity (Wildman–Crippen MR) is 73.1 cm³/mol. The molecule has 0 bridgehead atoms. The highest BCUT2D eigenvalue weighted by molar-refractivity contribution is 5.95. The van der Waals surface area contributed by atoms with Crippen molar-refractivity contribution in [3.05, 3.63) is 29.3 Å². The van der Waals surface area contributed by atoms with Crippen LogP contribution in [0.5, 0.6) is 0 Å². The van der Waals surface area contributed by atoms with Gasteiger partial charge in [-0.1, -0.05) is 12.1 Å². The lowest BCUT2D eigenvalue weighted by Gasteiger charge is -2.35. The first-order valence-corrected chi connectivity index (χ1v) is 6.46. The number of rotatable bonds is 3. The largest absolute Gasteiger partial charge is 0.478 e. The SMILES string of the molecule is C[C@@H]1CN(Cc2cccc(N)c2C(=O)O)C[C@H](C)O1. The van der Waals surface area contributed by atoms with Gasteiger partial charge in [0.05, 0.1) is 17.8 Å². The van der Waals surface area contributed by atoms with Crippen molar-refractivity contribution in [2.45, 2.75) is 32.6 Å². The molecule has 3 N–H and O–H groups in total. The summed E-state index contributed by atoms with van der Waals surface area (Å²) in [5.41, 5.74) is 7.05. The lowest BCUT2D eigenvalue weighted by molar-refractivity contribution is -0.0705. The van der Waals surface area contributed by atoms with Crippen LogP contribution in [0.1, 0.15) is 29.8 Å². The van der Waals surface area contributed by atoms with Gasteiger partial charge in [0, 0.05) is 25.3 Å². The summed E-state index contributed by atoms with van der Waals surface area (Å²) in [4.78, 5) is 13.5. The van der Waals surface area contributed by atoms with E-state index in [4.69, 9.17) is 10.5 Å². The molecule has 0 radical (unpaired) electrons. The van der Waals surface area contributed by atoms with Gasteiger partial charge in [0.15, 0.2) is 0 Å². The van der Waals surface area contributed by atoms with Crippen LogP contribution in [0.15, 0.2) is 18.2 Å². The van der Waals surface area contributed by atoms with Gasteiger partial charge in [-0.2, -0.15) is 0 Å². The topological polar surface area (TPSA) is 75.8 Å². The van der Waals surface area contributed by atoms with Crippen LogP contribution < -0.4 is 5.73 Å². The Morgan fingerprint density at radius 2 is 2.05 bits per heavy atom. The predicted octanol–water partition coefficient (Wildman–Crippen LogP) is 1.58. The third-order valence-electron chi connectivity index (χ3n) is 3.29. The third-order valence-corrected chi connectivity index (χ3v) is 3.29. The summed E-state index contributed by atoms with van der Waals surface area (Å²) in [6, 6.07) is 5.24. The van der Waals surface area contributed by atoms with Crippen LogP contribution in [-0.4, -0.2) is 41.3 Å². The van der Waals surface area contributed by atoms with E-state index in [-0.39, 0.29) is 17.8 Å². The van der Waals surface area contributed by atoms with E-state index in [0.717, 1.165) is 18.7 Å². The molecule has 0 saturated carbocycles. The van der Waals surface area contributed by atoms with Crippen LogP contribution in [0.25, 0.3) is 0 Å². The van der Waals surface area contributed by atoms with Gasteiger partial charge in [0.2, 0.25) is 0 Å². The van der Waals surface area contributed by atoms with Crippen LogP contribution in [0.4, 0.5) is 5.69 Å². The molecule has 5 heteroatoms. The fraction of sp³-hybridized carbons (Fsp3) is 0.500. The molecule has 1 aliphatic heterocycles. The molecule has 19 heavy (non-hydrogen) atoms. The minimum atomic E-state index is -0.970. The van der Waals surface area contributed by atoms with Gasteiger partial charge in [-0.25, -0.2) is 4.79 Å². The maximum absolute atomic E-state index is 11.3. The summed E-state index contributed by atoms with van der Waals surface area (Å²) in [5.74, 6) is -0.970. The summed E-state index contributed by atoms with van der Waals surface area (Å²) in [7, 11) is 0. The Balaban J connectivity index is 2.19. The van der Waals surface area contributed by atoms with Gasteiger partial charge in [0.1, 0.15) is 0 Å². The molecule has 1 heterocycles. The van der Waals surface area contributed by atoms with Crippen molar-refractivity contribution in [3.63, 3.8) is 0 Å². The standard InChI is InChI=1S/C14H20N2O3/c1-9-6-16(7-10(2)19-9)8-11-4-3-5-12(15)13(11)14(17)18/h3-5,9-10H,6-8,15H2,1-2H3,(H,17,18)/t9-,10+. The molecule has 5 nitrogen and oxygen atoms in total. The molecule has 0 spiro atoms. The number of nitrogens with zero attached hydrogens (tertiary/aromatic N) is 1. The summed E-state index contributed by atoms with van der Waals surface area (Å²) >= 11 is 0. The molecular weight excluding hydrogens is 244 g/mol. The second-order valence-corrected chi connectivity index (χ2v) is 5.14. The molecular formula is C14H20N2O3. The molecule has 0 amide bonds. The Morgan fingerprint density at radius 3 is 2.63 bits per heavy atom. The number of nitrogen functional groups attached to an aromatic ring is 1. The van der Waals surface area contributed by atoms with Crippen molar-refractivity contribution in [2.75, 3.05) is 18.8 Å². The van der Waals surface area contributed by atoms with Crippen LogP contribution in [0, 0.1) is 0 Å². The molecule has 1 aromatic carbocycles. The Hall–Kier alpha value is -1.59. The van der Waals surface area contributed by atoms with Crippen molar-refractivity contribution in [1.82, 2.24) is 4.90 Å². The Labute approximate surface area is 113 Å². The zero-order valence-corrected chi connectivity index (χ0v) is 11.3. The first-order chi connectivity index (χ1) is 8.97. The van der Waals surface area contributed by atoms with Crippen LogP contribution in [-0.2, 0) is 11.3 Å². The highest BCUT2D eigenvalue weighted by atomic mass is 16.5. The number of carboxylic acid groups (broad SMARTS) is 1. The fourth-order valence-electron chi connectivity index (χ4n) is 2.67. The quantitative estimate of drug-likeness (QED) is 0.811. The number of hydrogen-bond donors (Lipinski definition) is 2. The lowest BCUT2D eigenvalue weighted by atomic mass is 10.0. The number of ether oxygens (including phenoxy) is 1. The average Bonchev–Trinajstić information content (AvgIpc) is 2.26. The minimum Gasteiger partial charge on any atom is -0.478 e. The molecule has 2 rings (SSSR count). The molecule has 1 aliphatic rings. The second kappa shape index (κ2) is 5.59. The number of aromatic carboxylic acids is 1. The minimum absolute atomic E-state index is 0.165. The molecule has 0 aromatic heterocycles. The second-order valence-electron chi connectivity index (χ2n) is 5.14. The van der Waals surface area contributed by atoms with E-state index in [0.29, 0.717) is 12.2 Å². The van der Waals surface area contributed by atoms with E-state index in [1.165, 1.54) is 0 Å². The molecule has 104 valence electrons. The van der Waals surface area contributed by atoms with Gasteiger partial charge in [-0.05, 0) is 25.5 Å². The van der Waals surface area contributed by atoms with Crippen LogP contribution >= 0.6 is 0 Å². The van der Waals surface area contributed by atoms with Gasteiger partial charge < -0.3 is 15.6 Å². The molecule has 2 atom stereocenters. The summed E-state index contributed by atoms with van der Waals surface area (Å²) in [6.45, 7) is 6.25. The number of carbonyl (C=O) groups is 1. The first-order valence-electron chi connectivity index (χ1n) is 6.46. The van der Waals surface area contributed by atoms with Crippen molar-refractivity contribution < 1.29 is 14.6 Å². The van der Waals surface area contributed by atoms with Crippen molar-refractivity contribution in [1.29, 1.82) is 0 Å². The first kappa shape index (κ1) is 13.8. The molecule has 0 unspecified atom stereocenters. The van der Waals surface area contributed by atoms with E-state index in [2.05, 4.69) is 4.90 Å².